The third kappa shape index (κ3) is 5.26. The molecule has 0 radical (unpaired) electrons. The number of rotatable bonds is 8. The second-order valence-corrected chi connectivity index (χ2v) is 9.64. The van der Waals surface area contributed by atoms with Gasteiger partial charge in [0.05, 0.1) is 4.90 Å². The Morgan fingerprint density at radius 1 is 0.818 bits per heavy atom. The van der Waals surface area contributed by atoms with Gasteiger partial charge in [0.25, 0.3) is 0 Å². The average Bonchev–Trinajstić information content (AvgIpc) is 2.86. The van der Waals surface area contributed by atoms with Crippen molar-refractivity contribution in [3.8, 4) is 11.5 Å². The molecule has 2 aromatic carbocycles. The number of anilines is 2. The number of aromatic nitrogens is 2. The van der Waals surface area contributed by atoms with Crippen molar-refractivity contribution < 1.29 is 13.2 Å². The number of piperazine rings is 1. The normalized spacial score (nSPS) is 14.8. The van der Waals surface area contributed by atoms with Crippen molar-refractivity contribution in [1.29, 1.82) is 0 Å². The Morgan fingerprint density at radius 3 is 2.03 bits per heavy atom. The van der Waals surface area contributed by atoms with E-state index in [1.165, 1.54) is 4.31 Å². The van der Waals surface area contributed by atoms with E-state index in [1.54, 1.807) is 24.3 Å². The SMILES string of the molecule is CCN(CC)c1ccc(N2CCN(S(=O)(=O)c3ccc(Oc4ccccc4)cc3)CC2)nn1. The summed E-state index contributed by atoms with van der Waals surface area (Å²) in [5.41, 5.74) is 0. The second kappa shape index (κ2) is 10.2. The molecule has 0 saturated carbocycles. The standard InChI is InChI=1S/C24H29N5O3S/c1-3-27(4-2)23-14-15-24(26-25-23)28-16-18-29(19-17-28)33(30,31)22-12-10-21(11-13-22)32-20-8-6-5-7-9-20/h5-15H,3-4,16-19H2,1-2H3. The van der Waals surface area contributed by atoms with Crippen molar-refractivity contribution in [2.75, 3.05) is 49.1 Å². The van der Waals surface area contributed by atoms with Crippen LogP contribution in [0.25, 0.3) is 0 Å². The van der Waals surface area contributed by atoms with Crippen LogP contribution < -0.4 is 14.5 Å². The molecule has 0 amide bonds. The van der Waals surface area contributed by atoms with Gasteiger partial charge in [-0.3, -0.25) is 0 Å². The van der Waals surface area contributed by atoms with E-state index in [0.29, 0.717) is 37.7 Å². The average molecular weight is 468 g/mol. The zero-order chi connectivity index (χ0) is 23.3. The summed E-state index contributed by atoms with van der Waals surface area (Å²) in [6.07, 6.45) is 0. The Bertz CT molecular complexity index is 1130. The van der Waals surface area contributed by atoms with Gasteiger partial charge in [-0.2, -0.15) is 4.31 Å². The van der Waals surface area contributed by atoms with Crippen LogP contribution in [0.5, 0.6) is 11.5 Å². The highest BCUT2D eigenvalue weighted by molar-refractivity contribution is 7.89. The summed E-state index contributed by atoms with van der Waals surface area (Å²) in [5, 5.41) is 8.70. The summed E-state index contributed by atoms with van der Waals surface area (Å²) in [4.78, 5) is 4.47. The Labute approximate surface area is 195 Å². The molecule has 8 nitrogen and oxygen atoms in total. The van der Waals surface area contributed by atoms with Gasteiger partial charge >= 0.3 is 0 Å². The fraction of sp³-hybridized carbons (Fsp3) is 0.333. The molecule has 0 aliphatic carbocycles. The first-order valence-corrected chi connectivity index (χ1v) is 12.6. The maximum absolute atomic E-state index is 13.1. The van der Waals surface area contributed by atoms with Crippen LogP contribution in [0.4, 0.5) is 11.6 Å². The molecule has 1 aliphatic rings. The summed E-state index contributed by atoms with van der Waals surface area (Å²) >= 11 is 0. The van der Waals surface area contributed by atoms with Gasteiger partial charge in [0.2, 0.25) is 10.0 Å². The minimum Gasteiger partial charge on any atom is -0.457 e. The van der Waals surface area contributed by atoms with E-state index >= 15 is 0 Å². The second-order valence-electron chi connectivity index (χ2n) is 7.70. The van der Waals surface area contributed by atoms with Crippen molar-refractivity contribution in [2.45, 2.75) is 18.7 Å². The van der Waals surface area contributed by atoms with Crippen LogP contribution in [-0.4, -0.2) is 62.2 Å². The molecule has 0 bridgehead atoms. The van der Waals surface area contributed by atoms with Crippen LogP contribution in [0, 0.1) is 0 Å². The lowest BCUT2D eigenvalue weighted by Gasteiger charge is -2.34. The quantitative estimate of drug-likeness (QED) is 0.501. The van der Waals surface area contributed by atoms with E-state index in [0.717, 1.165) is 24.7 Å². The van der Waals surface area contributed by atoms with Gasteiger partial charge in [-0.15, -0.1) is 10.2 Å². The van der Waals surface area contributed by atoms with E-state index < -0.39 is 10.0 Å². The minimum absolute atomic E-state index is 0.264. The number of benzene rings is 2. The van der Waals surface area contributed by atoms with Crippen molar-refractivity contribution in [3.63, 3.8) is 0 Å². The fourth-order valence-corrected chi connectivity index (χ4v) is 5.24. The monoisotopic (exact) mass is 467 g/mol. The first-order valence-electron chi connectivity index (χ1n) is 11.2. The molecule has 3 aromatic rings. The molecule has 4 rings (SSSR count). The van der Waals surface area contributed by atoms with Gasteiger partial charge in [-0.05, 0) is 62.4 Å². The number of hydrogen-bond acceptors (Lipinski definition) is 7. The summed E-state index contributed by atoms with van der Waals surface area (Å²) in [7, 11) is -3.57. The van der Waals surface area contributed by atoms with E-state index in [9.17, 15) is 8.42 Å². The lowest BCUT2D eigenvalue weighted by atomic mass is 10.3. The summed E-state index contributed by atoms with van der Waals surface area (Å²) in [6, 6.07) is 19.9. The maximum atomic E-state index is 13.1. The first-order chi connectivity index (χ1) is 16.0. The Balaban J connectivity index is 1.37. The highest BCUT2D eigenvalue weighted by atomic mass is 32.2. The fourth-order valence-electron chi connectivity index (χ4n) is 3.81. The Hall–Kier alpha value is -3.17. The van der Waals surface area contributed by atoms with Crippen LogP contribution in [0.15, 0.2) is 71.6 Å². The van der Waals surface area contributed by atoms with Crippen molar-refractivity contribution in [1.82, 2.24) is 14.5 Å². The van der Waals surface area contributed by atoms with E-state index in [2.05, 4.69) is 33.8 Å². The molecule has 174 valence electrons. The van der Waals surface area contributed by atoms with Gasteiger partial charge < -0.3 is 14.5 Å². The van der Waals surface area contributed by atoms with E-state index in [-0.39, 0.29) is 4.90 Å². The summed E-state index contributed by atoms with van der Waals surface area (Å²) in [5.74, 6) is 2.92. The zero-order valence-corrected chi connectivity index (χ0v) is 19.8. The molecule has 1 aromatic heterocycles. The number of para-hydroxylation sites is 1. The van der Waals surface area contributed by atoms with E-state index in [1.807, 2.05) is 42.5 Å². The third-order valence-electron chi connectivity index (χ3n) is 5.73. The minimum atomic E-state index is -3.57. The molecule has 9 heteroatoms. The molecule has 1 fully saturated rings. The van der Waals surface area contributed by atoms with Gasteiger partial charge in [0.15, 0.2) is 11.6 Å². The van der Waals surface area contributed by atoms with Gasteiger partial charge in [-0.1, -0.05) is 18.2 Å². The lowest BCUT2D eigenvalue weighted by Crippen LogP contribution is -2.49. The van der Waals surface area contributed by atoms with Gasteiger partial charge in [-0.25, -0.2) is 8.42 Å². The summed E-state index contributed by atoms with van der Waals surface area (Å²) < 4.78 is 33.5. The largest absolute Gasteiger partial charge is 0.457 e. The maximum Gasteiger partial charge on any atom is 0.243 e. The highest BCUT2D eigenvalue weighted by Crippen LogP contribution is 2.25. The van der Waals surface area contributed by atoms with Crippen molar-refractivity contribution >= 4 is 21.7 Å². The predicted octanol–water partition coefficient (Wildman–Crippen LogP) is 3.63. The van der Waals surface area contributed by atoms with E-state index in [4.69, 9.17) is 4.74 Å². The molecular weight excluding hydrogens is 438 g/mol. The molecule has 1 saturated heterocycles. The van der Waals surface area contributed by atoms with Gasteiger partial charge in [0.1, 0.15) is 11.5 Å². The molecular formula is C24H29N5O3S. The number of nitrogens with zero attached hydrogens (tertiary/aromatic N) is 5. The Morgan fingerprint density at radius 2 is 1.45 bits per heavy atom. The molecule has 0 N–H and O–H groups in total. The zero-order valence-electron chi connectivity index (χ0n) is 19.0. The summed E-state index contributed by atoms with van der Waals surface area (Å²) in [6.45, 7) is 7.83. The third-order valence-corrected chi connectivity index (χ3v) is 7.64. The highest BCUT2D eigenvalue weighted by Gasteiger charge is 2.29. The topological polar surface area (TPSA) is 78.9 Å². The van der Waals surface area contributed by atoms with Crippen LogP contribution in [0.2, 0.25) is 0 Å². The van der Waals surface area contributed by atoms with Crippen LogP contribution in [-0.2, 0) is 10.0 Å². The molecule has 33 heavy (non-hydrogen) atoms. The van der Waals surface area contributed by atoms with Crippen molar-refractivity contribution in [3.05, 3.63) is 66.7 Å². The molecule has 0 atom stereocenters. The predicted molar refractivity (Wildman–Crippen MR) is 130 cm³/mol. The van der Waals surface area contributed by atoms with Gasteiger partial charge in [0, 0.05) is 39.3 Å². The molecule has 0 spiro atoms. The lowest BCUT2D eigenvalue weighted by molar-refractivity contribution is 0.383. The first kappa shape index (κ1) is 23.0. The van der Waals surface area contributed by atoms with Crippen LogP contribution in [0.3, 0.4) is 0 Å². The van der Waals surface area contributed by atoms with Crippen molar-refractivity contribution in [2.24, 2.45) is 0 Å². The number of ether oxygens (including phenoxy) is 1. The molecule has 1 aliphatic heterocycles. The molecule has 0 unspecified atom stereocenters. The Kier molecular flexibility index (Phi) is 7.10. The number of hydrogen-bond donors (Lipinski definition) is 0. The number of sulfonamides is 1. The van der Waals surface area contributed by atoms with Crippen LogP contribution in [0.1, 0.15) is 13.8 Å². The molecule has 2 heterocycles. The van der Waals surface area contributed by atoms with Crippen LogP contribution >= 0.6 is 0 Å². The smallest absolute Gasteiger partial charge is 0.243 e.